The summed E-state index contributed by atoms with van der Waals surface area (Å²) in [5.41, 5.74) is 1.11. The Hall–Kier alpha value is -3.12. The molecule has 0 N–H and O–H groups in total. The Morgan fingerprint density at radius 1 is 0.929 bits per heavy atom. The predicted molar refractivity (Wildman–Crippen MR) is 109 cm³/mol. The number of carbonyl (C=O) groups is 1. The van der Waals surface area contributed by atoms with Gasteiger partial charge in [0.25, 0.3) is 11.5 Å². The fraction of sp³-hybridized carbons (Fsp3) is 0.273. The van der Waals surface area contributed by atoms with Gasteiger partial charge in [0, 0.05) is 48.8 Å². The van der Waals surface area contributed by atoms with Crippen LogP contribution in [-0.4, -0.2) is 60.6 Å². The van der Waals surface area contributed by atoms with Crippen LogP contribution in [0.5, 0.6) is 5.75 Å². The highest BCUT2D eigenvalue weighted by Gasteiger charge is 2.23. The summed E-state index contributed by atoms with van der Waals surface area (Å²) in [6.45, 7) is 3.07. The summed E-state index contributed by atoms with van der Waals surface area (Å²) in [5, 5.41) is 1.24. The van der Waals surface area contributed by atoms with E-state index in [2.05, 4.69) is 11.9 Å². The van der Waals surface area contributed by atoms with Gasteiger partial charge in [-0.1, -0.05) is 18.2 Å². The van der Waals surface area contributed by atoms with Gasteiger partial charge in [-0.25, -0.2) is 0 Å². The molecule has 0 radical (unpaired) electrons. The third-order valence-corrected chi connectivity index (χ3v) is 5.30. The average Bonchev–Trinajstić information content (AvgIpc) is 2.74. The number of aromatic nitrogens is 1. The second-order valence-corrected chi connectivity index (χ2v) is 7.06. The summed E-state index contributed by atoms with van der Waals surface area (Å²) < 4.78 is 6.75. The molecule has 0 bridgehead atoms. The number of carbonyl (C=O) groups excluding carboxylic acids is 1. The van der Waals surface area contributed by atoms with E-state index in [1.165, 1.54) is 0 Å². The van der Waals surface area contributed by atoms with Crippen molar-refractivity contribution in [3.8, 4) is 11.4 Å². The Kier molecular flexibility index (Phi) is 4.88. The first kappa shape index (κ1) is 18.3. The molecule has 4 rings (SSSR count). The normalized spacial score (nSPS) is 15.0. The van der Waals surface area contributed by atoms with Crippen molar-refractivity contribution in [2.45, 2.75) is 0 Å². The van der Waals surface area contributed by atoms with E-state index in [4.69, 9.17) is 4.74 Å². The molecule has 1 fully saturated rings. The topological polar surface area (TPSA) is 54.8 Å². The van der Waals surface area contributed by atoms with E-state index in [1.54, 1.807) is 36.1 Å². The molecule has 28 heavy (non-hydrogen) atoms. The Labute approximate surface area is 163 Å². The molecular weight excluding hydrogens is 354 g/mol. The molecule has 6 nitrogen and oxygen atoms in total. The maximum absolute atomic E-state index is 13.3. The van der Waals surface area contributed by atoms with Crippen LogP contribution in [0.15, 0.2) is 59.5 Å². The van der Waals surface area contributed by atoms with Crippen molar-refractivity contribution < 1.29 is 9.53 Å². The van der Waals surface area contributed by atoms with E-state index < -0.39 is 0 Å². The number of benzene rings is 2. The van der Waals surface area contributed by atoms with E-state index in [0.29, 0.717) is 40.9 Å². The first-order valence-corrected chi connectivity index (χ1v) is 9.35. The number of nitrogens with zero attached hydrogens (tertiary/aromatic N) is 3. The molecule has 0 spiro atoms. The van der Waals surface area contributed by atoms with Crippen LogP contribution in [0, 0.1) is 0 Å². The van der Waals surface area contributed by atoms with Crippen LogP contribution in [0.4, 0.5) is 0 Å². The number of methoxy groups -OCH3 is 1. The highest BCUT2D eigenvalue weighted by atomic mass is 16.5. The molecular formula is C22H23N3O3. The Bertz CT molecular complexity index is 1060. The van der Waals surface area contributed by atoms with E-state index in [1.807, 2.05) is 35.2 Å². The second-order valence-electron chi connectivity index (χ2n) is 7.06. The van der Waals surface area contributed by atoms with Crippen molar-refractivity contribution in [3.05, 3.63) is 70.6 Å². The fourth-order valence-corrected chi connectivity index (χ4v) is 3.58. The highest BCUT2D eigenvalue weighted by Crippen LogP contribution is 2.21. The quantitative estimate of drug-likeness (QED) is 0.703. The number of piperazine rings is 1. The Morgan fingerprint density at radius 2 is 1.57 bits per heavy atom. The summed E-state index contributed by atoms with van der Waals surface area (Å²) in [7, 11) is 3.66. The lowest BCUT2D eigenvalue weighted by Gasteiger charge is -2.32. The van der Waals surface area contributed by atoms with Gasteiger partial charge in [-0.3, -0.25) is 14.2 Å². The number of ether oxygens (including phenoxy) is 1. The first-order chi connectivity index (χ1) is 13.6. The van der Waals surface area contributed by atoms with Crippen LogP contribution in [-0.2, 0) is 0 Å². The summed E-state index contributed by atoms with van der Waals surface area (Å²) in [6, 6.07) is 14.6. The highest BCUT2D eigenvalue weighted by molar-refractivity contribution is 6.06. The molecule has 0 aliphatic carbocycles. The molecule has 2 heterocycles. The molecule has 1 aliphatic rings. The SMILES string of the molecule is COc1ccc(-n2cc(C(=O)N3CCN(C)CC3)c3ccccc3c2=O)cc1. The number of hydrogen-bond donors (Lipinski definition) is 0. The molecule has 1 aromatic heterocycles. The largest absolute Gasteiger partial charge is 0.497 e. The zero-order valence-electron chi connectivity index (χ0n) is 16.1. The lowest BCUT2D eigenvalue weighted by atomic mass is 10.1. The average molecular weight is 377 g/mol. The van der Waals surface area contributed by atoms with Crippen molar-refractivity contribution >= 4 is 16.7 Å². The monoisotopic (exact) mass is 377 g/mol. The van der Waals surface area contributed by atoms with Crippen LogP contribution < -0.4 is 10.3 Å². The summed E-state index contributed by atoms with van der Waals surface area (Å²) >= 11 is 0. The lowest BCUT2D eigenvalue weighted by Crippen LogP contribution is -2.47. The number of rotatable bonds is 3. The van der Waals surface area contributed by atoms with Crippen molar-refractivity contribution in [1.29, 1.82) is 0 Å². The second kappa shape index (κ2) is 7.48. The van der Waals surface area contributed by atoms with Gasteiger partial charge < -0.3 is 14.5 Å². The number of amides is 1. The minimum absolute atomic E-state index is 0.0356. The number of pyridine rings is 1. The van der Waals surface area contributed by atoms with Crippen molar-refractivity contribution in [1.82, 2.24) is 14.4 Å². The Morgan fingerprint density at radius 3 is 2.21 bits per heavy atom. The molecule has 3 aromatic rings. The third-order valence-electron chi connectivity index (χ3n) is 5.30. The minimum atomic E-state index is -0.143. The lowest BCUT2D eigenvalue weighted by molar-refractivity contribution is 0.0665. The van der Waals surface area contributed by atoms with Gasteiger partial charge in [-0.2, -0.15) is 0 Å². The molecule has 0 unspecified atom stereocenters. The molecule has 1 saturated heterocycles. The molecule has 1 aliphatic heterocycles. The predicted octanol–water partition coefficient (Wildman–Crippen LogP) is 2.39. The van der Waals surface area contributed by atoms with Gasteiger partial charge >= 0.3 is 0 Å². The van der Waals surface area contributed by atoms with E-state index >= 15 is 0 Å². The molecule has 144 valence electrons. The fourth-order valence-electron chi connectivity index (χ4n) is 3.58. The maximum Gasteiger partial charge on any atom is 0.262 e. The van der Waals surface area contributed by atoms with Crippen LogP contribution in [0.2, 0.25) is 0 Å². The van der Waals surface area contributed by atoms with Gasteiger partial charge in [0.1, 0.15) is 5.75 Å². The summed E-state index contributed by atoms with van der Waals surface area (Å²) in [5.74, 6) is 0.679. The Balaban J connectivity index is 1.84. The van der Waals surface area contributed by atoms with Crippen LogP contribution in [0.3, 0.4) is 0 Å². The number of hydrogen-bond acceptors (Lipinski definition) is 4. The van der Waals surface area contributed by atoms with Crippen LogP contribution >= 0.6 is 0 Å². The zero-order chi connectivity index (χ0) is 19.7. The summed E-state index contributed by atoms with van der Waals surface area (Å²) in [6.07, 6.45) is 1.67. The minimum Gasteiger partial charge on any atom is -0.497 e. The zero-order valence-corrected chi connectivity index (χ0v) is 16.1. The number of likely N-dealkylation sites (N-methyl/N-ethyl adjacent to an activating group) is 1. The third kappa shape index (κ3) is 3.27. The van der Waals surface area contributed by atoms with Gasteiger partial charge in [-0.15, -0.1) is 0 Å². The van der Waals surface area contributed by atoms with Gasteiger partial charge in [-0.05, 0) is 37.4 Å². The van der Waals surface area contributed by atoms with Crippen molar-refractivity contribution in [2.24, 2.45) is 0 Å². The van der Waals surface area contributed by atoms with E-state index in [-0.39, 0.29) is 11.5 Å². The van der Waals surface area contributed by atoms with Crippen LogP contribution in [0.25, 0.3) is 16.5 Å². The maximum atomic E-state index is 13.3. The van der Waals surface area contributed by atoms with Crippen LogP contribution in [0.1, 0.15) is 10.4 Å². The molecule has 0 saturated carbocycles. The first-order valence-electron chi connectivity index (χ1n) is 9.35. The van der Waals surface area contributed by atoms with Crippen molar-refractivity contribution in [3.63, 3.8) is 0 Å². The molecule has 0 atom stereocenters. The van der Waals surface area contributed by atoms with E-state index in [0.717, 1.165) is 13.1 Å². The van der Waals surface area contributed by atoms with Crippen molar-refractivity contribution in [2.75, 3.05) is 40.3 Å². The van der Waals surface area contributed by atoms with Gasteiger partial charge in [0.05, 0.1) is 12.7 Å². The van der Waals surface area contributed by atoms with E-state index in [9.17, 15) is 9.59 Å². The smallest absolute Gasteiger partial charge is 0.262 e. The molecule has 6 heteroatoms. The molecule has 1 amide bonds. The van der Waals surface area contributed by atoms with Gasteiger partial charge in [0.15, 0.2) is 0 Å². The van der Waals surface area contributed by atoms with Gasteiger partial charge in [0.2, 0.25) is 0 Å². The standard InChI is InChI=1S/C22H23N3O3/c1-23-11-13-24(14-12-23)21(26)20-15-25(16-7-9-17(28-2)10-8-16)22(27)19-6-4-3-5-18(19)20/h3-10,15H,11-14H2,1-2H3. The molecule has 2 aromatic carbocycles. The number of fused-ring (bicyclic) bond motifs is 1. The summed E-state index contributed by atoms with van der Waals surface area (Å²) in [4.78, 5) is 30.4.